The zero-order valence-electron chi connectivity index (χ0n) is 16.3. The molecular weight excluding hydrogens is 358 g/mol. The van der Waals surface area contributed by atoms with Gasteiger partial charge in [-0.05, 0) is 38.7 Å². The molecule has 1 aliphatic rings. The molecule has 6 nitrogen and oxygen atoms in total. The molecule has 2 heterocycles. The number of piperidine rings is 1. The first kappa shape index (κ1) is 19.9. The number of quaternary nitrogens is 1. The smallest absolute Gasteiger partial charge is 0.233 e. The standard InChI is InChI=1S/C20H29N5OS/c1-3-21-19(26)16(2)27-20-23-22-18(15-24-12-8-5-9-13-24)25(20)14-17-10-6-4-7-11-17/h4,6-7,10-11,16H,3,5,8-9,12-15H2,1-2H3,(H,21,26)/p+1/t16-/m0/s1. The summed E-state index contributed by atoms with van der Waals surface area (Å²) >= 11 is 1.49. The Bertz CT molecular complexity index is 727. The van der Waals surface area contributed by atoms with Crippen molar-refractivity contribution in [2.24, 2.45) is 0 Å². The van der Waals surface area contributed by atoms with Crippen molar-refractivity contribution in [2.45, 2.75) is 56.6 Å². The SMILES string of the molecule is CCNC(=O)[C@H](C)Sc1nnc(C[NH+]2CCCCC2)n1Cc1ccccc1. The van der Waals surface area contributed by atoms with Crippen LogP contribution in [0.1, 0.15) is 44.5 Å². The molecule has 0 spiro atoms. The first-order chi connectivity index (χ1) is 13.2. The van der Waals surface area contributed by atoms with Gasteiger partial charge < -0.3 is 10.2 Å². The molecule has 3 rings (SSSR count). The fraction of sp³-hybridized carbons (Fsp3) is 0.550. The molecule has 1 amide bonds. The van der Waals surface area contributed by atoms with E-state index in [1.165, 1.54) is 49.7 Å². The van der Waals surface area contributed by atoms with Gasteiger partial charge in [0.15, 0.2) is 11.0 Å². The molecule has 2 N–H and O–H groups in total. The average Bonchev–Trinajstić information content (AvgIpc) is 3.05. The van der Waals surface area contributed by atoms with Crippen molar-refractivity contribution in [3.05, 3.63) is 41.7 Å². The summed E-state index contributed by atoms with van der Waals surface area (Å²) in [6.07, 6.45) is 3.92. The molecule has 1 aliphatic heterocycles. The Morgan fingerprint density at radius 1 is 1.22 bits per heavy atom. The van der Waals surface area contributed by atoms with E-state index in [1.54, 1.807) is 4.90 Å². The van der Waals surface area contributed by atoms with Crippen LogP contribution in [0.5, 0.6) is 0 Å². The second-order valence-corrected chi connectivity index (χ2v) is 8.42. The van der Waals surface area contributed by atoms with Crippen molar-refractivity contribution in [1.82, 2.24) is 20.1 Å². The van der Waals surface area contributed by atoms with E-state index < -0.39 is 0 Å². The first-order valence-corrected chi connectivity index (χ1v) is 10.8. The Hall–Kier alpha value is -1.86. The van der Waals surface area contributed by atoms with E-state index in [4.69, 9.17) is 0 Å². The maximum Gasteiger partial charge on any atom is 0.233 e. The number of amides is 1. The maximum absolute atomic E-state index is 12.1. The highest BCUT2D eigenvalue weighted by molar-refractivity contribution is 8.00. The highest BCUT2D eigenvalue weighted by Gasteiger charge is 2.23. The Balaban J connectivity index is 1.80. The largest absolute Gasteiger partial charge is 0.355 e. The van der Waals surface area contributed by atoms with E-state index >= 15 is 0 Å². The molecule has 1 atom stereocenters. The lowest BCUT2D eigenvalue weighted by Gasteiger charge is -2.23. The molecule has 0 saturated carbocycles. The van der Waals surface area contributed by atoms with Crippen molar-refractivity contribution < 1.29 is 9.69 Å². The van der Waals surface area contributed by atoms with Crippen molar-refractivity contribution in [3.8, 4) is 0 Å². The number of nitrogens with zero attached hydrogens (tertiary/aromatic N) is 3. The molecule has 1 saturated heterocycles. The van der Waals surface area contributed by atoms with Crippen molar-refractivity contribution in [3.63, 3.8) is 0 Å². The van der Waals surface area contributed by atoms with Crippen LogP contribution in [0.15, 0.2) is 35.5 Å². The van der Waals surface area contributed by atoms with E-state index in [9.17, 15) is 4.79 Å². The van der Waals surface area contributed by atoms with Gasteiger partial charge in [0.2, 0.25) is 5.91 Å². The highest BCUT2D eigenvalue weighted by atomic mass is 32.2. The minimum atomic E-state index is -0.196. The van der Waals surface area contributed by atoms with Gasteiger partial charge in [-0.2, -0.15) is 0 Å². The summed E-state index contributed by atoms with van der Waals surface area (Å²) in [6.45, 7) is 8.55. The van der Waals surface area contributed by atoms with Crippen molar-refractivity contribution >= 4 is 17.7 Å². The molecular formula is C20H30N5OS+. The predicted molar refractivity (Wildman–Crippen MR) is 108 cm³/mol. The Kier molecular flexibility index (Phi) is 7.29. The molecule has 1 aromatic heterocycles. The van der Waals surface area contributed by atoms with E-state index in [0.29, 0.717) is 6.54 Å². The minimum absolute atomic E-state index is 0.0416. The van der Waals surface area contributed by atoms with Crippen LogP contribution in [0, 0.1) is 0 Å². The minimum Gasteiger partial charge on any atom is -0.355 e. The third-order valence-electron chi connectivity index (χ3n) is 4.95. The van der Waals surface area contributed by atoms with Crippen LogP contribution in [0.2, 0.25) is 0 Å². The average molecular weight is 389 g/mol. The number of carbonyl (C=O) groups is 1. The molecule has 1 fully saturated rings. The summed E-state index contributed by atoms with van der Waals surface area (Å²) < 4.78 is 2.19. The van der Waals surface area contributed by atoms with E-state index in [-0.39, 0.29) is 11.2 Å². The fourth-order valence-corrected chi connectivity index (χ4v) is 4.34. The lowest BCUT2D eigenvalue weighted by molar-refractivity contribution is -0.919. The summed E-state index contributed by atoms with van der Waals surface area (Å²) in [5, 5.41) is 12.5. The summed E-state index contributed by atoms with van der Waals surface area (Å²) in [5.41, 5.74) is 1.22. The van der Waals surface area contributed by atoms with Crippen LogP contribution in [-0.2, 0) is 17.9 Å². The molecule has 2 aromatic rings. The van der Waals surface area contributed by atoms with E-state index in [0.717, 1.165) is 24.1 Å². The topological polar surface area (TPSA) is 64.2 Å². The van der Waals surface area contributed by atoms with Gasteiger partial charge in [0.25, 0.3) is 0 Å². The number of thioether (sulfide) groups is 1. The first-order valence-electron chi connectivity index (χ1n) is 9.91. The monoisotopic (exact) mass is 388 g/mol. The summed E-state index contributed by atoms with van der Waals surface area (Å²) in [6, 6.07) is 10.4. The number of hydrogen-bond acceptors (Lipinski definition) is 4. The number of rotatable bonds is 8. The van der Waals surface area contributed by atoms with Gasteiger partial charge in [0.05, 0.1) is 24.9 Å². The van der Waals surface area contributed by atoms with Gasteiger partial charge in [-0.25, -0.2) is 0 Å². The molecule has 0 radical (unpaired) electrons. The second kappa shape index (κ2) is 9.90. The summed E-state index contributed by atoms with van der Waals surface area (Å²) in [4.78, 5) is 13.7. The van der Waals surface area contributed by atoms with Gasteiger partial charge in [-0.15, -0.1) is 10.2 Å². The fourth-order valence-electron chi connectivity index (χ4n) is 3.44. The molecule has 1 aromatic carbocycles. The van der Waals surface area contributed by atoms with Crippen LogP contribution in [0.3, 0.4) is 0 Å². The summed E-state index contributed by atoms with van der Waals surface area (Å²) in [5.74, 6) is 1.06. The lowest BCUT2D eigenvalue weighted by Crippen LogP contribution is -3.11. The zero-order chi connectivity index (χ0) is 19.1. The van der Waals surface area contributed by atoms with Gasteiger partial charge in [0.1, 0.15) is 6.54 Å². The number of likely N-dealkylation sites (tertiary alicyclic amines) is 1. The number of aromatic nitrogens is 3. The van der Waals surface area contributed by atoms with Gasteiger partial charge in [0, 0.05) is 6.54 Å². The van der Waals surface area contributed by atoms with Crippen molar-refractivity contribution in [2.75, 3.05) is 19.6 Å². The van der Waals surface area contributed by atoms with E-state index in [1.807, 2.05) is 19.9 Å². The van der Waals surface area contributed by atoms with Crippen LogP contribution >= 0.6 is 11.8 Å². The number of benzene rings is 1. The third kappa shape index (κ3) is 5.56. The molecule has 7 heteroatoms. The quantitative estimate of drug-likeness (QED) is 0.673. The molecule has 0 bridgehead atoms. The highest BCUT2D eigenvalue weighted by Crippen LogP contribution is 2.23. The molecule has 27 heavy (non-hydrogen) atoms. The van der Waals surface area contributed by atoms with E-state index in [2.05, 4.69) is 44.3 Å². The normalized spacial score (nSPS) is 16.2. The maximum atomic E-state index is 12.1. The number of hydrogen-bond donors (Lipinski definition) is 2. The van der Waals surface area contributed by atoms with Crippen LogP contribution in [0.25, 0.3) is 0 Å². The Labute approximate surface area is 165 Å². The third-order valence-corrected chi connectivity index (χ3v) is 6.03. The molecule has 146 valence electrons. The number of nitrogens with one attached hydrogen (secondary N) is 2. The Morgan fingerprint density at radius 3 is 2.67 bits per heavy atom. The zero-order valence-corrected chi connectivity index (χ0v) is 17.1. The van der Waals surface area contributed by atoms with Crippen LogP contribution in [-0.4, -0.2) is 45.6 Å². The van der Waals surface area contributed by atoms with Crippen LogP contribution in [0.4, 0.5) is 0 Å². The predicted octanol–water partition coefficient (Wildman–Crippen LogP) is 1.51. The van der Waals surface area contributed by atoms with Crippen molar-refractivity contribution in [1.29, 1.82) is 0 Å². The Morgan fingerprint density at radius 2 is 1.96 bits per heavy atom. The number of carbonyl (C=O) groups excluding carboxylic acids is 1. The van der Waals surface area contributed by atoms with Gasteiger partial charge in [-0.3, -0.25) is 9.36 Å². The van der Waals surface area contributed by atoms with Crippen LogP contribution < -0.4 is 10.2 Å². The lowest BCUT2D eigenvalue weighted by atomic mass is 10.1. The second-order valence-electron chi connectivity index (χ2n) is 7.11. The van der Waals surface area contributed by atoms with Gasteiger partial charge >= 0.3 is 0 Å². The molecule has 0 unspecified atom stereocenters. The molecule has 0 aliphatic carbocycles. The summed E-state index contributed by atoms with van der Waals surface area (Å²) in [7, 11) is 0. The van der Waals surface area contributed by atoms with Gasteiger partial charge in [-0.1, -0.05) is 42.1 Å².